The highest BCUT2D eigenvalue weighted by molar-refractivity contribution is 14.0. The Kier molecular flexibility index (Phi) is 11.2. The van der Waals surface area contributed by atoms with E-state index in [2.05, 4.69) is 20.3 Å². The van der Waals surface area contributed by atoms with Gasteiger partial charge in [0.15, 0.2) is 5.96 Å². The zero-order valence-corrected chi connectivity index (χ0v) is 17.5. The van der Waals surface area contributed by atoms with Gasteiger partial charge in [-0.2, -0.15) is 13.2 Å². The van der Waals surface area contributed by atoms with Gasteiger partial charge < -0.3 is 10.6 Å². The standard InChI is InChI=1S/C13H26F3N5O2S.HI/c1-3-17-12(18-6-4-7-19-24(2,22)23)20-11-5-8-21(9-11)10-13(14,15)16;/h11,19H,3-10H2,1-2H3,(H2,17,18,20);1H. The topological polar surface area (TPSA) is 85.8 Å². The molecule has 1 heterocycles. The number of sulfonamides is 1. The molecule has 3 N–H and O–H groups in total. The highest BCUT2D eigenvalue weighted by Gasteiger charge is 2.34. The number of guanidine groups is 1. The van der Waals surface area contributed by atoms with Crippen LogP contribution in [-0.2, 0) is 10.0 Å². The summed E-state index contributed by atoms with van der Waals surface area (Å²) >= 11 is 0. The molecule has 1 atom stereocenters. The third-order valence-corrected chi connectivity index (χ3v) is 4.06. The van der Waals surface area contributed by atoms with Gasteiger partial charge in [0.2, 0.25) is 10.0 Å². The van der Waals surface area contributed by atoms with E-state index in [1.807, 2.05) is 6.92 Å². The normalized spacial score (nSPS) is 19.6. The summed E-state index contributed by atoms with van der Waals surface area (Å²) in [5.74, 6) is 0.538. The lowest BCUT2D eigenvalue weighted by Gasteiger charge is -2.19. The van der Waals surface area contributed by atoms with Crippen LogP contribution in [0.5, 0.6) is 0 Å². The first-order valence-corrected chi connectivity index (χ1v) is 9.77. The Balaban J connectivity index is 0.00000576. The Morgan fingerprint density at radius 3 is 2.60 bits per heavy atom. The second kappa shape index (κ2) is 11.4. The third kappa shape index (κ3) is 12.6. The molecule has 7 nitrogen and oxygen atoms in total. The molecule has 0 aliphatic carbocycles. The fourth-order valence-electron chi connectivity index (χ4n) is 2.39. The van der Waals surface area contributed by atoms with E-state index in [0.29, 0.717) is 51.5 Å². The van der Waals surface area contributed by atoms with Crippen LogP contribution in [0.15, 0.2) is 4.99 Å². The van der Waals surface area contributed by atoms with Crippen LogP contribution in [0, 0.1) is 0 Å². The van der Waals surface area contributed by atoms with Gasteiger partial charge in [-0.05, 0) is 19.8 Å². The van der Waals surface area contributed by atoms with Crippen molar-refractivity contribution in [2.24, 2.45) is 4.99 Å². The van der Waals surface area contributed by atoms with E-state index in [1.165, 1.54) is 4.90 Å². The lowest BCUT2D eigenvalue weighted by atomic mass is 10.3. The van der Waals surface area contributed by atoms with E-state index in [1.54, 1.807) is 0 Å². The number of hydrogen-bond donors (Lipinski definition) is 3. The molecule has 12 heteroatoms. The smallest absolute Gasteiger partial charge is 0.357 e. The number of hydrogen-bond acceptors (Lipinski definition) is 4. The molecule has 150 valence electrons. The molecular formula is C13H27F3IN5O2S. The van der Waals surface area contributed by atoms with E-state index in [0.717, 1.165) is 6.26 Å². The van der Waals surface area contributed by atoms with Crippen LogP contribution < -0.4 is 15.4 Å². The molecular weight excluding hydrogens is 474 g/mol. The lowest BCUT2D eigenvalue weighted by molar-refractivity contribution is -0.143. The minimum absolute atomic E-state index is 0. The number of nitrogens with zero attached hydrogens (tertiary/aromatic N) is 2. The van der Waals surface area contributed by atoms with Gasteiger partial charge in [-0.25, -0.2) is 13.1 Å². The maximum Gasteiger partial charge on any atom is 0.401 e. The minimum atomic E-state index is -4.18. The van der Waals surface area contributed by atoms with E-state index in [-0.39, 0.29) is 30.0 Å². The number of aliphatic imine (C=N–C) groups is 1. The largest absolute Gasteiger partial charge is 0.401 e. The Labute approximate surface area is 164 Å². The third-order valence-electron chi connectivity index (χ3n) is 3.33. The van der Waals surface area contributed by atoms with Crippen LogP contribution in [0.3, 0.4) is 0 Å². The summed E-state index contributed by atoms with van der Waals surface area (Å²) in [5.41, 5.74) is 0. The number of rotatable bonds is 8. The average Bonchev–Trinajstić information content (AvgIpc) is 2.82. The zero-order valence-electron chi connectivity index (χ0n) is 14.4. The van der Waals surface area contributed by atoms with Crippen LogP contribution in [-0.4, -0.2) is 77.0 Å². The summed E-state index contributed by atoms with van der Waals surface area (Å²) in [4.78, 5) is 5.69. The van der Waals surface area contributed by atoms with Crippen LogP contribution in [0.25, 0.3) is 0 Å². The van der Waals surface area contributed by atoms with Gasteiger partial charge in [-0.3, -0.25) is 9.89 Å². The Bertz CT molecular complexity index is 516. The molecule has 0 saturated carbocycles. The highest BCUT2D eigenvalue weighted by Crippen LogP contribution is 2.19. The molecule has 0 aromatic carbocycles. The first-order valence-electron chi connectivity index (χ1n) is 7.87. The fraction of sp³-hybridized carbons (Fsp3) is 0.923. The summed E-state index contributed by atoms with van der Waals surface area (Å²) in [6.07, 6.45) is -1.93. The predicted octanol–water partition coefficient (Wildman–Crippen LogP) is 0.735. The molecule has 1 saturated heterocycles. The number of halogens is 4. The molecule has 1 rings (SSSR count). The van der Waals surface area contributed by atoms with E-state index < -0.39 is 22.7 Å². The summed E-state index contributed by atoms with van der Waals surface area (Å²) < 4.78 is 61.4. The SMILES string of the molecule is CCNC(=NCCCNS(C)(=O)=O)NC1CCN(CC(F)(F)F)C1.I. The first kappa shape index (κ1) is 24.7. The molecule has 0 bridgehead atoms. The maximum atomic E-state index is 12.4. The Morgan fingerprint density at radius 1 is 1.36 bits per heavy atom. The van der Waals surface area contributed by atoms with Crippen molar-refractivity contribution in [2.75, 3.05) is 45.5 Å². The second-order valence-corrected chi connectivity index (χ2v) is 7.59. The molecule has 1 aliphatic rings. The van der Waals surface area contributed by atoms with Crippen LogP contribution in [0.1, 0.15) is 19.8 Å². The minimum Gasteiger partial charge on any atom is -0.357 e. The number of nitrogens with one attached hydrogen (secondary N) is 3. The molecule has 0 amide bonds. The molecule has 1 fully saturated rings. The van der Waals surface area contributed by atoms with Gasteiger partial charge in [0.25, 0.3) is 0 Å². The van der Waals surface area contributed by atoms with Crippen LogP contribution in [0.2, 0.25) is 0 Å². The number of alkyl halides is 3. The van der Waals surface area contributed by atoms with E-state index >= 15 is 0 Å². The monoisotopic (exact) mass is 501 g/mol. The fourth-order valence-corrected chi connectivity index (χ4v) is 2.90. The van der Waals surface area contributed by atoms with Crippen molar-refractivity contribution in [1.82, 2.24) is 20.3 Å². The summed E-state index contributed by atoms with van der Waals surface area (Å²) in [6.45, 7) is 3.06. The van der Waals surface area contributed by atoms with E-state index in [9.17, 15) is 21.6 Å². The lowest BCUT2D eigenvalue weighted by Crippen LogP contribution is -2.45. The summed E-state index contributed by atoms with van der Waals surface area (Å²) in [5, 5.41) is 6.17. The van der Waals surface area contributed by atoms with Gasteiger partial charge in [0.1, 0.15) is 0 Å². The molecule has 1 aliphatic heterocycles. The van der Waals surface area contributed by atoms with E-state index in [4.69, 9.17) is 0 Å². The quantitative estimate of drug-likeness (QED) is 0.198. The first-order chi connectivity index (χ1) is 11.1. The Morgan fingerprint density at radius 2 is 2.04 bits per heavy atom. The van der Waals surface area contributed by atoms with Gasteiger partial charge in [0.05, 0.1) is 12.8 Å². The van der Waals surface area contributed by atoms with Crippen molar-refractivity contribution in [3.8, 4) is 0 Å². The second-order valence-electron chi connectivity index (χ2n) is 5.76. The molecule has 0 radical (unpaired) electrons. The number of likely N-dealkylation sites (tertiary alicyclic amines) is 1. The maximum absolute atomic E-state index is 12.4. The van der Waals surface area contributed by atoms with Crippen molar-refractivity contribution in [1.29, 1.82) is 0 Å². The van der Waals surface area contributed by atoms with Gasteiger partial charge >= 0.3 is 6.18 Å². The van der Waals surface area contributed by atoms with Crippen molar-refractivity contribution >= 4 is 40.0 Å². The van der Waals surface area contributed by atoms with Crippen molar-refractivity contribution in [3.63, 3.8) is 0 Å². The van der Waals surface area contributed by atoms with Crippen molar-refractivity contribution in [2.45, 2.75) is 32.0 Å². The van der Waals surface area contributed by atoms with Gasteiger partial charge in [-0.15, -0.1) is 24.0 Å². The van der Waals surface area contributed by atoms with Gasteiger partial charge in [0, 0.05) is 38.8 Å². The molecule has 0 aromatic rings. The van der Waals surface area contributed by atoms with Gasteiger partial charge in [-0.1, -0.05) is 0 Å². The van der Waals surface area contributed by atoms with Crippen molar-refractivity contribution in [3.05, 3.63) is 0 Å². The zero-order chi connectivity index (χ0) is 18.2. The average molecular weight is 501 g/mol. The Hall–Kier alpha value is -0.340. The highest BCUT2D eigenvalue weighted by atomic mass is 127. The molecule has 25 heavy (non-hydrogen) atoms. The van der Waals surface area contributed by atoms with Crippen LogP contribution in [0.4, 0.5) is 13.2 Å². The summed E-state index contributed by atoms with van der Waals surface area (Å²) in [6, 6.07) is -0.0840. The summed E-state index contributed by atoms with van der Waals surface area (Å²) in [7, 11) is -3.20. The molecule has 1 unspecified atom stereocenters. The van der Waals surface area contributed by atoms with Crippen LogP contribution >= 0.6 is 24.0 Å². The van der Waals surface area contributed by atoms with Crippen molar-refractivity contribution < 1.29 is 21.6 Å². The molecule has 0 aromatic heterocycles. The molecule has 0 spiro atoms. The predicted molar refractivity (Wildman–Crippen MR) is 103 cm³/mol.